The van der Waals surface area contributed by atoms with Crippen LogP contribution in [0.15, 0.2) is 36.4 Å². The lowest BCUT2D eigenvalue weighted by Crippen LogP contribution is -1.78. The van der Waals surface area contributed by atoms with Crippen molar-refractivity contribution in [2.75, 3.05) is 0 Å². The van der Waals surface area contributed by atoms with Gasteiger partial charge in [-0.3, -0.25) is 0 Å². The fourth-order valence-corrected chi connectivity index (χ4v) is 2.37. The number of aryl methyl sites for hydroxylation is 1. The molecule has 0 unspecified atom stereocenters. The summed E-state index contributed by atoms with van der Waals surface area (Å²) in [5.41, 5.74) is 6.32. The SMILES string of the molecule is Cc1ccc2cc1-c1c(Cl)cccc1-2. The molecule has 0 radical (unpaired) electrons. The maximum Gasteiger partial charge on any atom is 0.0490 e. The Bertz CT molecular complexity index is 527. The summed E-state index contributed by atoms with van der Waals surface area (Å²) < 4.78 is 0. The van der Waals surface area contributed by atoms with Crippen molar-refractivity contribution in [3.05, 3.63) is 47.0 Å². The van der Waals surface area contributed by atoms with Gasteiger partial charge in [-0.2, -0.15) is 0 Å². The van der Waals surface area contributed by atoms with Crippen LogP contribution in [0.25, 0.3) is 22.3 Å². The van der Waals surface area contributed by atoms with Crippen LogP contribution < -0.4 is 0 Å². The highest BCUT2D eigenvalue weighted by Crippen LogP contribution is 2.45. The first-order chi connectivity index (χ1) is 6.77. The van der Waals surface area contributed by atoms with E-state index in [9.17, 15) is 0 Å². The highest BCUT2D eigenvalue weighted by Gasteiger charge is 2.19. The normalized spacial score (nSPS) is 11.6. The molecule has 1 aliphatic carbocycles. The lowest BCUT2D eigenvalue weighted by atomic mass is 10.0. The molecule has 0 saturated carbocycles. The first-order valence-corrected chi connectivity index (χ1v) is 5.05. The molecule has 0 aliphatic heterocycles. The number of rotatable bonds is 0. The van der Waals surface area contributed by atoms with E-state index in [1.807, 2.05) is 12.1 Å². The Morgan fingerprint density at radius 2 is 1.86 bits per heavy atom. The zero-order valence-electron chi connectivity index (χ0n) is 7.84. The third-order valence-corrected chi connectivity index (χ3v) is 3.15. The molecule has 0 spiro atoms. The van der Waals surface area contributed by atoms with Crippen LogP contribution in [-0.2, 0) is 0 Å². The van der Waals surface area contributed by atoms with Crippen molar-refractivity contribution < 1.29 is 0 Å². The maximum atomic E-state index is 6.21. The Morgan fingerprint density at radius 3 is 2.71 bits per heavy atom. The summed E-state index contributed by atoms with van der Waals surface area (Å²) in [6.07, 6.45) is 0. The Labute approximate surface area is 88.2 Å². The molecule has 0 saturated heterocycles. The summed E-state index contributed by atoms with van der Waals surface area (Å²) in [5, 5.41) is 0.854. The van der Waals surface area contributed by atoms with Gasteiger partial charge < -0.3 is 0 Å². The Morgan fingerprint density at radius 1 is 1.00 bits per heavy atom. The van der Waals surface area contributed by atoms with Crippen molar-refractivity contribution in [1.82, 2.24) is 0 Å². The average Bonchev–Trinajstić information content (AvgIpc) is 2.49. The van der Waals surface area contributed by atoms with Crippen LogP contribution in [0, 0.1) is 6.92 Å². The molecule has 0 N–H and O–H groups in total. The van der Waals surface area contributed by atoms with Crippen LogP contribution in [0.1, 0.15) is 5.56 Å². The topological polar surface area (TPSA) is 0 Å². The number of fused-ring (bicyclic) bond motifs is 5. The van der Waals surface area contributed by atoms with Crippen LogP contribution in [0.3, 0.4) is 0 Å². The van der Waals surface area contributed by atoms with Crippen LogP contribution in [0.4, 0.5) is 0 Å². The van der Waals surface area contributed by atoms with Crippen molar-refractivity contribution in [2.45, 2.75) is 6.92 Å². The summed E-state index contributed by atoms with van der Waals surface area (Å²) in [6, 6.07) is 12.6. The smallest absolute Gasteiger partial charge is 0.0490 e. The minimum atomic E-state index is 0.854. The van der Waals surface area contributed by atoms with Gasteiger partial charge in [-0.1, -0.05) is 35.9 Å². The molecule has 3 rings (SSSR count). The highest BCUT2D eigenvalue weighted by molar-refractivity contribution is 6.34. The third kappa shape index (κ3) is 0.893. The molecule has 2 aromatic rings. The van der Waals surface area contributed by atoms with E-state index in [-0.39, 0.29) is 0 Å². The fourth-order valence-electron chi connectivity index (χ4n) is 2.10. The molecule has 0 heterocycles. The second-order valence-corrected chi connectivity index (χ2v) is 4.10. The molecule has 68 valence electrons. The predicted octanol–water partition coefficient (Wildman–Crippen LogP) is 4.30. The third-order valence-electron chi connectivity index (χ3n) is 2.83. The molecule has 1 aliphatic rings. The number of hydrogen-bond acceptors (Lipinski definition) is 0. The van der Waals surface area contributed by atoms with Gasteiger partial charge in [0.1, 0.15) is 0 Å². The van der Waals surface area contributed by atoms with Gasteiger partial charge in [0.15, 0.2) is 0 Å². The largest absolute Gasteiger partial charge is 0.0836 e. The zero-order chi connectivity index (χ0) is 9.71. The minimum Gasteiger partial charge on any atom is -0.0836 e. The lowest BCUT2D eigenvalue weighted by molar-refractivity contribution is 1.50. The number of benzene rings is 2. The van der Waals surface area contributed by atoms with E-state index < -0.39 is 0 Å². The number of halogens is 1. The molecule has 2 aromatic carbocycles. The van der Waals surface area contributed by atoms with Gasteiger partial charge in [0, 0.05) is 10.6 Å². The van der Waals surface area contributed by atoms with Crippen molar-refractivity contribution in [3.63, 3.8) is 0 Å². The van der Waals surface area contributed by atoms with E-state index in [0.717, 1.165) is 5.02 Å². The monoisotopic (exact) mass is 200 g/mol. The average molecular weight is 201 g/mol. The standard InChI is InChI=1S/C13H9Cl/c1-8-5-6-9-7-11(8)13-10(9)3-2-4-12(13)14/h2-7H,1H3. The Kier molecular flexibility index (Phi) is 1.51. The van der Waals surface area contributed by atoms with Gasteiger partial charge in [-0.25, -0.2) is 0 Å². The van der Waals surface area contributed by atoms with Gasteiger partial charge in [0.2, 0.25) is 0 Å². The molecule has 14 heavy (non-hydrogen) atoms. The molecule has 0 aromatic heterocycles. The van der Waals surface area contributed by atoms with Crippen LogP contribution in [0.5, 0.6) is 0 Å². The molecule has 0 atom stereocenters. The summed E-state index contributed by atoms with van der Waals surface area (Å²) in [5.74, 6) is 0. The van der Waals surface area contributed by atoms with Crippen LogP contribution in [0.2, 0.25) is 5.02 Å². The second kappa shape index (κ2) is 2.61. The number of hydrogen-bond donors (Lipinski definition) is 0. The second-order valence-electron chi connectivity index (χ2n) is 3.69. The van der Waals surface area contributed by atoms with E-state index >= 15 is 0 Å². The summed E-state index contributed by atoms with van der Waals surface area (Å²) in [6.45, 7) is 2.12. The molecule has 0 nitrogen and oxygen atoms in total. The van der Waals surface area contributed by atoms with Crippen LogP contribution >= 0.6 is 11.6 Å². The van der Waals surface area contributed by atoms with Gasteiger partial charge in [0.05, 0.1) is 0 Å². The Balaban J connectivity index is 2.47. The molecule has 1 heteroatoms. The summed E-state index contributed by atoms with van der Waals surface area (Å²) >= 11 is 6.21. The van der Waals surface area contributed by atoms with E-state index in [1.165, 1.54) is 27.8 Å². The predicted molar refractivity (Wildman–Crippen MR) is 60.6 cm³/mol. The first kappa shape index (κ1) is 8.07. The fraction of sp³-hybridized carbons (Fsp3) is 0.0769. The first-order valence-electron chi connectivity index (χ1n) is 4.67. The molecular formula is C13H9Cl. The maximum absolute atomic E-state index is 6.21. The van der Waals surface area contributed by atoms with Crippen molar-refractivity contribution in [3.8, 4) is 22.3 Å². The van der Waals surface area contributed by atoms with E-state index in [2.05, 4.69) is 31.2 Å². The Hall–Kier alpha value is -1.27. The van der Waals surface area contributed by atoms with Gasteiger partial charge in [0.25, 0.3) is 0 Å². The molecule has 0 amide bonds. The zero-order valence-corrected chi connectivity index (χ0v) is 8.60. The van der Waals surface area contributed by atoms with E-state index in [1.54, 1.807) is 0 Å². The molecule has 2 bridgehead atoms. The van der Waals surface area contributed by atoms with Gasteiger partial charge in [-0.05, 0) is 41.3 Å². The van der Waals surface area contributed by atoms with Crippen molar-refractivity contribution >= 4 is 11.6 Å². The molecular weight excluding hydrogens is 192 g/mol. The summed E-state index contributed by atoms with van der Waals surface area (Å²) in [7, 11) is 0. The van der Waals surface area contributed by atoms with Gasteiger partial charge >= 0.3 is 0 Å². The van der Waals surface area contributed by atoms with E-state index in [4.69, 9.17) is 11.6 Å². The lowest BCUT2D eigenvalue weighted by Gasteiger charge is -2.03. The van der Waals surface area contributed by atoms with Crippen LogP contribution in [-0.4, -0.2) is 0 Å². The van der Waals surface area contributed by atoms with E-state index in [0.29, 0.717) is 0 Å². The molecule has 0 fully saturated rings. The van der Waals surface area contributed by atoms with Gasteiger partial charge in [-0.15, -0.1) is 0 Å². The van der Waals surface area contributed by atoms with Crippen molar-refractivity contribution in [2.24, 2.45) is 0 Å². The quantitative estimate of drug-likeness (QED) is 0.508. The highest BCUT2D eigenvalue weighted by atomic mass is 35.5. The van der Waals surface area contributed by atoms with Crippen molar-refractivity contribution in [1.29, 1.82) is 0 Å². The minimum absolute atomic E-state index is 0.854. The summed E-state index contributed by atoms with van der Waals surface area (Å²) in [4.78, 5) is 0.